The number of aliphatic carboxylic acids is 4. The van der Waals surface area contributed by atoms with E-state index in [0.29, 0.717) is 0 Å². The maximum absolute atomic E-state index is 12.1. The second-order valence-corrected chi connectivity index (χ2v) is 20.1. The van der Waals surface area contributed by atoms with Gasteiger partial charge in [0.1, 0.15) is 50.3 Å². The second kappa shape index (κ2) is 40.0. The Morgan fingerprint density at radius 1 is 0.247 bits per heavy atom. The first-order valence-electron chi connectivity index (χ1n) is 25.3. The van der Waals surface area contributed by atoms with Gasteiger partial charge in [0.15, 0.2) is 0 Å². The molecule has 0 spiro atoms. The Morgan fingerprint density at radius 3 is 0.416 bits per heavy atom. The van der Waals surface area contributed by atoms with E-state index in [1.54, 1.807) is 166 Å². The van der Waals surface area contributed by atoms with Crippen LogP contribution in [0.4, 0.5) is 0 Å². The molecule has 0 N–H and O–H groups in total. The SMILES string of the molecule is CC(C)OCC(=O)C(OC(C)C)(OC(C)C)C(=O)[O-].CC(C)OCC(=O)C(OC(C)C)(OC(C)C)C(=O)[O-].CC(C)OCC(=O)C(OC(C)C)(OC(C)C)C(=O)[O-].CC(C)OCC(=O)C(OC(C)C)(OC(C)C)C(=O)[O-].[Ti+4]. The van der Waals surface area contributed by atoms with Crippen molar-refractivity contribution >= 4 is 47.0 Å². The van der Waals surface area contributed by atoms with Gasteiger partial charge in [-0.3, -0.25) is 19.2 Å². The summed E-state index contributed by atoms with van der Waals surface area (Å²) in [6.07, 6.45) is -4.94. The molecule has 24 nitrogen and oxygen atoms in total. The Morgan fingerprint density at radius 2 is 0.351 bits per heavy atom. The zero-order valence-corrected chi connectivity index (χ0v) is 51.6. The van der Waals surface area contributed by atoms with E-state index in [1.165, 1.54) is 0 Å². The van der Waals surface area contributed by atoms with Crippen molar-refractivity contribution in [2.45, 2.75) is 263 Å². The van der Waals surface area contributed by atoms with Gasteiger partial charge in [-0.25, -0.2) is 0 Å². The number of carboxylic acids is 4. The number of carboxylic acid groups (broad SMARTS) is 4. The van der Waals surface area contributed by atoms with E-state index in [2.05, 4.69) is 0 Å². The van der Waals surface area contributed by atoms with Gasteiger partial charge in [0.2, 0.25) is 23.1 Å². The molecule has 0 aliphatic rings. The van der Waals surface area contributed by atoms with Crippen LogP contribution in [-0.2, 0) is 117 Å². The molecule has 0 rings (SSSR count). The van der Waals surface area contributed by atoms with Gasteiger partial charge in [0, 0.05) is 0 Å². The van der Waals surface area contributed by atoms with Crippen molar-refractivity contribution in [3.8, 4) is 0 Å². The molecule has 0 bridgehead atoms. The number of ketones is 4. The third kappa shape index (κ3) is 33.2. The van der Waals surface area contributed by atoms with Crippen LogP contribution in [0, 0.1) is 0 Å². The van der Waals surface area contributed by atoms with Gasteiger partial charge in [0.25, 0.3) is 23.1 Å². The molecule has 0 heterocycles. The van der Waals surface area contributed by atoms with Gasteiger partial charge in [-0.05, 0) is 166 Å². The van der Waals surface area contributed by atoms with Gasteiger partial charge in [-0.1, -0.05) is 0 Å². The number of ether oxygens (including phenoxy) is 12. The van der Waals surface area contributed by atoms with Crippen molar-refractivity contribution in [1.29, 1.82) is 0 Å². The monoisotopic (exact) mass is 1150 g/mol. The molecule has 77 heavy (non-hydrogen) atoms. The summed E-state index contributed by atoms with van der Waals surface area (Å²) in [7, 11) is 0. The standard InChI is InChI=1S/4C13H24O6.Ti/c4*1-8(2)17-7-11(14)13(12(15)16,18-9(3)4)19-10(5)6;/h4*8-10H,7H2,1-6H3,(H,15,16);/q;;;;+4/p-4. The number of hydrogen-bond acceptors (Lipinski definition) is 24. The van der Waals surface area contributed by atoms with E-state index in [-0.39, 0.29) is 46.1 Å². The molecule has 0 amide bonds. The quantitative estimate of drug-likeness (QED) is 0.0482. The molecule has 0 unspecified atom stereocenters. The topological polar surface area (TPSA) is 340 Å². The normalized spacial score (nSPS) is 12.3. The summed E-state index contributed by atoms with van der Waals surface area (Å²) in [5, 5.41) is 45.4. The van der Waals surface area contributed by atoms with Crippen molar-refractivity contribution in [3.05, 3.63) is 0 Å². The van der Waals surface area contributed by atoms with Crippen molar-refractivity contribution in [1.82, 2.24) is 0 Å². The van der Waals surface area contributed by atoms with Gasteiger partial charge < -0.3 is 96.4 Å². The predicted molar refractivity (Wildman–Crippen MR) is 265 cm³/mol. The minimum Gasteiger partial charge on any atom is -0.544 e. The summed E-state index contributed by atoms with van der Waals surface area (Å²) < 4.78 is 62.0. The maximum atomic E-state index is 12.1. The molecule has 0 aromatic carbocycles. The Kier molecular flexibility index (Phi) is 43.0. The van der Waals surface area contributed by atoms with Crippen LogP contribution in [0.5, 0.6) is 0 Å². The molecule has 0 aliphatic carbocycles. The van der Waals surface area contributed by atoms with Gasteiger partial charge >= 0.3 is 21.7 Å². The molecular formula is C52H92O24Ti. The van der Waals surface area contributed by atoms with E-state index in [4.69, 9.17) is 56.8 Å². The Labute approximate surface area is 471 Å². The van der Waals surface area contributed by atoms with E-state index in [9.17, 15) is 58.8 Å². The third-order valence-corrected chi connectivity index (χ3v) is 7.95. The fraction of sp³-hybridized carbons (Fsp3) is 0.846. The average molecular weight is 1150 g/mol. The molecule has 0 aromatic rings. The van der Waals surface area contributed by atoms with Crippen LogP contribution < -0.4 is 20.4 Å². The minimum absolute atomic E-state index is 0. The van der Waals surface area contributed by atoms with Crippen molar-refractivity contribution < 1.29 is 137 Å². The number of carbonyl (C=O) groups excluding carboxylic acids is 8. The predicted octanol–water partition coefficient (Wildman–Crippen LogP) is 1.10. The first-order chi connectivity index (χ1) is 34.5. The third-order valence-electron chi connectivity index (χ3n) is 7.95. The molecule has 0 atom stereocenters. The Bertz CT molecular complexity index is 1450. The number of carbonyl (C=O) groups is 8. The smallest absolute Gasteiger partial charge is 0.544 e. The first-order valence-corrected chi connectivity index (χ1v) is 25.3. The molecule has 25 heteroatoms. The summed E-state index contributed by atoms with van der Waals surface area (Å²) in [5.41, 5.74) is 0. The molecular weight excluding hydrogens is 1060 g/mol. The fourth-order valence-electron chi connectivity index (χ4n) is 5.48. The van der Waals surface area contributed by atoms with Gasteiger partial charge in [-0.15, -0.1) is 0 Å². The minimum atomic E-state index is -2.42. The molecule has 0 fully saturated rings. The Balaban J connectivity index is -0.000000298. The summed E-state index contributed by atoms with van der Waals surface area (Å²) in [6, 6.07) is 0. The molecule has 0 saturated carbocycles. The van der Waals surface area contributed by atoms with Crippen molar-refractivity contribution in [2.24, 2.45) is 0 Å². The summed E-state index contributed by atoms with van der Waals surface area (Å²) in [4.78, 5) is 93.7. The van der Waals surface area contributed by atoms with Crippen molar-refractivity contribution in [2.75, 3.05) is 26.4 Å². The number of hydrogen-bond donors (Lipinski definition) is 0. The van der Waals surface area contributed by atoms with Gasteiger partial charge in [0.05, 0.1) is 73.2 Å². The van der Waals surface area contributed by atoms with Crippen LogP contribution in [0.3, 0.4) is 0 Å². The Hall–Kier alpha value is -3.21. The summed E-state index contributed by atoms with van der Waals surface area (Å²) in [5.74, 6) is -19.8. The summed E-state index contributed by atoms with van der Waals surface area (Å²) >= 11 is 0. The van der Waals surface area contributed by atoms with E-state index >= 15 is 0 Å². The van der Waals surface area contributed by atoms with E-state index in [1.807, 2.05) is 0 Å². The number of Topliss-reactive ketones (excluding diaryl/α,β-unsaturated/α-hetero) is 4. The van der Waals surface area contributed by atoms with Crippen LogP contribution in [-0.4, -0.2) is 170 Å². The molecule has 448 valence electrons. The van der Waals surface area contributed by atoms with Crippen LogP contribution in [0.15, 0.2) is 0 Å². The second-order valence-electron chi connectivity index (χ2n) is 20.1. The van der Waals surface area contributed by atoms with Crippen molar-refractivity contribution in [3.63, 3.8) is 0 Å². The maximum Gasteiger partial charge on any atom is 4.00 e. The molecule has 0 aromatic heterocycles. The zero-order valence-electron chi connectivity index (χ0n) is 50.1. The van der Waals surface area contributed by atoms with Crippen LogP contribution in [0.25, 0.3) is 0 Å². The fourth-order valence-corrected chi connectivity index (χ4v) is 5.48. The van der Waals surface area contributed by atoms with Crippen LogP contribution >= 0.6 is 0 Å². The first kappa shape index (κ1) is 82.6. The summed E-state index contributed by atoms with van der Waals surface area (Å²) in [6.45, 7) is 38.0. The van der Waals surface area contributed by atoms with Gasteiger partial charge in [-0.2, -0.15) is 0 Å². The molecule has 0 saturated heterocycles. The molecule has 0 aliphatic heterocycles. The van der Waals surface area contributed by atoms with E-state index < -0.39 is 145 Å². The average Bonchev–Trinajstić information content (AvgIpc) is 3.23. The molecule has 0 radical (unpaired) electrons. The van der Waals surface area contributed by atoms with Crippen LogP contribution in [0.1, 0.15) is 166 Å². The van der Waals surface area contributed by atoms with E-state index in [0.717, 1.165) is 0 Å². The van der Waals surface area contributed by atoms with Crippen LogP contribution in [0.2, 0.25) is 0 Å². The largest absolute Gasteiger partial charge is 4.00 e. The zero-order chi connectivity index (χ0) is 60.9. The number of rotatable bonds is 36.